The molecule has 0 aliphatic heterocycles. The van der Waals surface area contributed by atoms with Gasteiger partial charge in [0, 0.05) is 0 Å². The summed E-state index contributed by atoms with van der Waals surface area (Å²) in [5, 5.41) is 0. The van der Waals surface area contributed by atoms with Crippen molar-refractivity contribution in [2.24, 2.45) is 5.92 Å². The Kier molecular flexibility index (Phi) is 12.6. The van der Waals surface area contributed by atoms with Gasteiger partial charge in [0.2, 0.25) is 0 Å². The number of carbonyl (C=O) groups excluding carboxylic acids is 1. The van der Waals surface area contributed by atoms with Crippen molar-refractivity contribution in [1.29, 1.82) is 0 Å². The van der Waals surface area contributed by atoms with E-state index >= 15 is 0 Å². The third-order valence-corrected chi connectivity index (χ3v) is 1.86. The van der Waals surface area contributed by atoms with Crippen molar-refractivity contribution in [3.8, 4) is 12.3 Å². The van der Waals surface area contributed by atoms with Crippen LogP contribution in [0, 0.1) is 18.3 Å². The van der Waals surface area contributed by atoms with Gasteiger partial charge in [0.15, 0.2) is 0 Å². The summed E-state index contributed by atoms with van der Waals surface area (Å²) >= 11 is 0. The van der Waals surface area contributed by atoms with Gasteiger partial charge in [0.1, 0.15) is 5.78 Å². The minimum atomic E-state index is -0.374. The Labute approximate surface area is 101 Å². The lowest BCUT2D eigenvalue weighted by Crippen LogP contribution is -2.03. The molecule has 1 atom stereocenters. The standard InChI is InChI=1S/C12H16O.C3H8/c1-5-10(3)8-7-9-12(6-2)11(4)13;1-3-2/h2,7-9,12H,5H2,1,3-4H3;3H2,1-2H3/b9-7-,10-8-;. The molecule has 0 aromatic rings. The van der Waals surface area contributed by atoms with Crippen LogP contribution >= 0.6 is 0 Å². The lowest BCUT2D eigenvalue weighted by molar-refractivity contribution is -0.118. The van der Waals surface area contributed by atoms with Gasteiger partial charge in [-0.3, -0.25) is 4.79 Å². The molecule has 90 valence electrons. The zero-order valence-electron chi connectivity index (χ0n) is 11.2. The molecule has 0 spiro atoms. The fourth-order valence-corrected chi connectivity index (χ4v) is 0.757. The third kappa shape index (κ3) is 10.8. The summed E-state index contributed by atoms with van der Waals surface area (Å²) < 4.78 is 0. The summed E-state index contributed by atoms with van der Waals surface area (Å²) in [4.78, 5) is 10.9. The molecule has 0 N–H and O–H groups in total. The molecule has 1 heteroatoms. The fourth-order valence-electron chi connectivity index (χ4n) is 0.757. The highest BCUT2D eigenvalue weighted by Crippen LogP contribution is 2.02. The highest BCUT2D eigenvalue weighted by molar-refractivity contribution is 5.83. The van der Waals surface area contributed by atoms with Crippen molar-refractivity contribution in [2.75, 3.05) is 0 Å². The number of ketones is 1. The summed E-state index contributed by atoms with van der Waals surface area (Å²) in [7, 11) is 0. The Balaban J connectivity index is 0. The highest BCUT2D eigenvalue weighted by atomic mass is 16.1. The second kappa shape index (κ2) is 11.8. The zero-order valence-corrected chi connectivity index (χ0v) is 11.2. The second-order valence-electron chi connectivity index (χ2n) is 3.71. The lowest BCUT2D eigenvalue weighted by atomic mass is 10.1. The van der Waals surface area contributed by atoms with Crippen molar-refractivity contribution in [3.63, 3.8) is 0 Å². The molecule has 1 nitrogen and oxygen atoms in total. The summed E-state index contributed by atoms with van der Waals surface area (Å²) in [6.45, 7) is 9.89. The molecule has 0 rings (SSSR count). The van der Waals surface area contributed by atoms with E-state index in [0.29, 0.717) is 0 Å². The van der Waals surface area contributed by atoms with Crippen molar-refractivity contribution in [3.05, 3.63) is 23.8 Å². The first-order chi connectivity index (χ1) is 7.53. The van der Waals surface area contributed by atoms with Crippen LogP contribution in [0.5, 0.6) is 0 Å². The predicted molar refractivity (Wildman–Crippen MR) is 72.2 cm³/mol. The topological polar surface area (TPSA) is 17.1 Å². The first-order valence-electron chi connectivity index (χ1n) is 5.83. The maximum absolute atomic E-state index is 10.9. The number of hydrogen-bond acceptors (Lipinski definition) is 1. The molecule has 0 saturated heterocycles. The molecule has 0 aromatic heterocycles. The van der Waals surface area contributed by atoms with Gasteiger partial charge in [-0.2, -0.15) is 0 Å². The van der Waals surface area contributed by atoms with Crippen LogP contribution in [0.4, 0.5) is 0 Å². The number of carbonyl (C=O) groups is 1. The number of terminal acetylenes is 1. The smallest absolute Gasteiger partial charge is 0.148 e. The monoisotopic (exact) mass is 220 g/mol. The summed E-state index contributed by atoms with van der Waals surface area (Å²) in [6, 6.07) is 0. The minimum Gasteiger partial charge on any atom is -0.298 e. The molecule has 0 aliphatic rings. The third-order valence-electron chi connectivity index (χ3n) is 1.86. The van der Waals surface area contributed by atoms with Gasteiger partial charge in [0.25, 0.3) is 0 Å². The Hall–Kier alpha value is -1.29. The van der Waals surface area contributed by atoms with E-state index in [9.17, 15) is 4.79 Å². The summed E-state index contributed by atoms with van der Waals surface area (Å²) in [5.74, 6) is 2.07. The van der Waals surface area contributed by atoms with Gasteiger partial charge in [-0.05, 0) is 20.3 Å². The Bertz CT molecular complexity index is 276. The van der Waals surface area contributed by atoms with E-state index in [2.05, 4.69) is 26.7 Å². The van der Waals surface area contributed by atoms with Gasteiger partial charge in [0.05, 0.1) is 5.92 Å². The maximum atomic E-state index is 10.9. The molecular weight excluding hydrogens is 196 g/mol. The van der Waals surface area contributed by atoms with Crippen LogP contribution in [0.2, 0.25) is 0 Å². The van der Waals surface area contributed by atoms with E-state index in [1.165, 1.54) is 18.9 Å². The largest absolute Gasteiger partial charge is 0.298 e. The van der Waals surface area contributed by atoms with Crippen LogP contribution in [0.15, 0.2) is 23.8 Å². The molecule has 1 unspecified atom stereocenters. The Morgan fingerprint density at radius 1 is 1.31 bits per heavy atom. The zero-order chi connectivity index (χ0) is 13.0. The summed E-state index contributed by atoms with van der Waals surface area (Å²) in [6.07, 6.45) is 13.0. The van der Waals surface area contributed by atoms with E-state index < -0.39 is 0 Å². The van der Waals surface area contributed by atoms with Gasteiger partial charge in [-0.15, -0.1) is 6.42 Å². The minimum absolute atomic E-state index is 0.0151. The molecule has 0 aromatic carbocycles. The van der Waals surface area contributed by atoms with Crippen molar-refractivity contribution >= 4 is 5.78 Å². The molecule has 0 heterocycles. The average Bonchev–Trinajstić information content (AvgIpc) is 2.24. The second-order valence-corrected chi connectivity index (χ2v) is 3.71. The van der Waals surface area contributed by atoms with Crippen LogP contribution in [0.25, 0.3) is 0 Å². The maximum Gasteiger partial charge on any atom is 0.148 e. The van der Waals surface area contributed by atoms with Gasteiger partial charge < -0.3 is 0 Å². The van der Waals surface area contributed by atoms with Gasteiger partial charge in [-0.1, -0.05) is 56.9 Å². The van der Waals surface area contributed by atoms with Gasteiger partial charge in [-0.25, -0.2) is 0 Å². The van der Waals surface area contributed by atoms with E-state index in [1.807, 2.05) is 19.1 Å². The van der Waals surface area contributed by atoms with Crippen molar-refractivity contribution < 1.29 is 4.79 Å². The first kappa shape index (κ1) is 17.1. The van der Waals surface area contributed by atoms with Gasteiger partial charge >= 0.3 is 0 Å². The molecule has 0 amide bonds. The van der Waals surface area contributed by atoms with E-state index in [-0.39, 0.29) is 11.7 Å². The lowest BCUT2D eigenvalue weighted by Gasteiger charge is -1.96. The normalized spacial score (nSPS) is 12.6. The quantitative estimate of drug-likeness (QED) is 0.513. The predicted octanol–water partition coefficient (Wildman–Crippen LogP) is 4.15. The molecule has 0 bridgehead atoms. The Morgan fingerprint density at radius 2 is 1.81 bits per heavy atom. The average molecular weight is 220 g/mol. The van der Waals surface area contributed by atoms with Crippen LogP contribution in [-0.2, 0) is 4.79 Å². The fraction of sp³-hybridized carbons (Fsp3) is 0.533. The Morgan fingerprint density at radius 3 is 2.12 bits per heavy atom. The van der Waals surface area contributed by atoms with Crippen LogP contribution in [0.3, 0.4) is 0 Å². The molecule has 16 heavy (non-hydrogen) atoms. The van der Waals surface area contributed by atoms with Crippen LogP contribution in [0.1, 0.15) is 47.5 Å². The molecule has 0 fully saturated rings. The molecule has 0 radical (unpaired) electrons. The van der Waals surface area contributed by atoms with Crippen LogP contribution in [-0.4, -0.2) is 5.78 Å². The molecular formula is C15H24O. The summed E-state index contributed by atoms with van der Waals surface area (Å²) in [5.41, 5.74) is 1.27. The van der Waals surface area contributed by atoms with Crippen molar-refractivity contribution in [2.45, 2.75) is 47.5 Å². The number of Topliss-reactive ketones (excluding diaryl/α,β-unsaturated/α-hetero) is 1. The van der Waals surface area contributed by atoms with E-state index in [0.717, 1.165) is 6.42 Å². The molecule has 0 saturated carbocycles. The van der Waals surface area contributed by atoms with E-state index in [1.54, 1.807) is 6.08 Å². The van der Waals surface area contributed by atoms with Crippen LogP contribution < -0.4 is 0 Å². The SMILES string of the molecule is C#CC(/C=C\C=C(\C)CC)C(C)=O.CCC. The number of hydrogen-bond donors (Lipinski definition) is 0. The molecule has 0 aliphatic carbocycles. The highest BCUT2D eigenvalue weighted by Gasteiger charge is 2.03. The van der Waals surface area contributed by atoms with Crippen molar-refractivity contribution in [1.82, 2.24) is 0 Å². The first-order valence-corrected chi connectivity index (χ1v) is 5.83. The van der Waals surface area contributed by atoms with E-state index in [4.69, 9.17) is 6.42 Å². The number of allylic oxidation sites excluding steroid dienone is 4. The number of rotatable bonds is 4.